The Hall–Kier alpha value is -0.570. The highest BCUT2D eigenvalue weighted by molar-refractivity contribution is 5.77. The minimum Gasteiger partial charge on any atom is -0.342 e. The average molecular weight is 240 g/mol. The summed E-state index contributed by atoms with van der Waals surface area (Å²) in [5.41, 5.74) is 6.25. The van der Waals surface area contributed by atoms with Crippen molar-refractivity contribution in [2.45, 2.75) is 59.4 Å². The van der Waals surface area contributed by atoms with Crippen LogP contribution in [0.1, 0.15) is 53.4 Å². The first-order valence-electron chi connectivity index (χ1n) is 6.85. The van der Waals surface area contributed by atoms with Gasteiger partial charge < -0.3 is 10.6 Å². The fourth-order valence-electron chi connectivity index (χ4n) is 2.60. The number of likely N-dealkylation sites (tertiary alicyclic amines) is 1. The normalized spacial score (nSPS) is 22.9. The van der Waals surface area contributed by atoms with Crippen LogP contribution in [-0.4, -0.2) is 29.9 Å². The fourth-order valence-corrected chi connectivity index (χ4v) is 2.60. The highest BCUT2D eigenvalue weighted by atomic mass is 16.2. The third-order valence-electron chi connectivity index (χ3n) is 3.53. The number of amides is 1. The first kappa shape index (κ1) is 14.5. The maximum atomic E-state index is 12.0. The first-order valence-corrected chi connectivity index (χ1v) is 6.85. The first-order chi connectivity index (χ1) is 7.81. The maximum absolute atomic E-state index is 12.0. The monoisotopic (exact) mass is 240 g/mol. The van der Waals surface area contributed by atoms with E-state index in [1.54, 1.807) is 0 Å². The van der Waals surface area contributed by atoms with Crippen molar-refractivity contribution in [3.63, 3.8) is 0 Å². The van der Waals surface area contributed by atoms with Crippen LogP contribution < -0.4 is 5.73 Å². The van der Waals surface area contributed by atoms with Crippen molar-refractivity contribution < 1.29 is 4.79 Å². The van der Waals surface area contributed by atoms with Gasteiger partial charge in [0.1, 0.15) is 0 Å². The molecule has 2 N–H and O–H groups in total. The summed E-state index contributed by atoms with van der Waals surface area (Å²) < 4.78 is 0. The highest BCUT2D eigenvalue weighted by Gasteiger charge is 2.26. The van der Waals surface area contributed by atoms with E-state index in [2.05, 4.69) is 27.7 Å². The molecular formula is C14H28N2O. The summed E-state index contributed by atoms with van der Waals surface area (Å²) in [6, 6.07) is 0.00294. The number of hydrogen-bond acceptors (Lipinski definition) is 2. The van der Waals surface area contributed by atoms with Crippen LogP contribution in [0.2, 0.25) is 0 Å². The molecule has 3 nitrogen and oxygen atoms in total. The van der Waals surface area contributed by atoms with Crippen molar-refractivity contribution in [2.24, 2.45) is 17.1 Å². The van der Waals surface area contributed by atoms with E-state index in [1.165, 1.54) is 6.42 Å². The maximum Gasteiger partial charge on any atom is 0.224 e. The summed E-state index contributed by atoms with van der Waals surface area (Å²) in [4.78, 5) is 14.0. The van der Waals surface area contributed by atoms with E-state index in [4.69, 9.17) is 5.73 Å². The Morgan fingerprint density at radius 3 is 2.59 bits per heavy atom. The molecule has 2 atom stereocenters. The van der Waals surface area contributed by atoms with E-state index in [1.807, 2.05) is 4.90 Å². The van der Waals surface area contributed by atoms with E-state index < -0.39 is 0 Å². The smallest absolute Gasteiger partial charge is 0.224 e. The van der Waals surface area contributed by atoms with Crippen LogP contribution in [-0.2, 0) is 4.79 Å². The van der Waals surface area contributed by atoms with Crippen molar-refractivity contribution in [3.8, 4) is 0 Å². The van der Waals surface area contributed by atoms with Crippen LogP contribution in [0.15, 0.2) is 0 Å². The van der Waals surface area contributed by atoms with E-state index in [0.717, 1.165) is 25.9 Å². The van der Waals surface area contributed by atoms with E-state index in [9.17, 15) is 4.79 Å². The zero-order valence-electron chi connectivity index (χ0n) is 11.8. The zero-order chi connectivity index (χ0) is 13.1. The molecule has 1 fully saturated rings. The third kappa shape index (κ3) is 5.07. The van der Waals surface area contributed by atoms with Gasteiger partial charge in [-0.25, -0.2) is 0 Å². The van der Waals surface area contributed by atoms with Crippen LogP contribution in [0.4, 0.5) is 0 Å². The lowest BCUT2D eigenvalue weighted by Gasteiger charge is -2.24. The lowest BCUT2D eigenvalue weighted by atomic mass is 9.87. The molecule has 0 bridgehead atoms. The van der Waals surface area contributed by atoms with Gasteiger partial charge in [-0.05, 0) is 24.2 Å². The van der Waals surface area contributed by atoms with Crippen LogP contribution in [0.25, 0.3) is 0 Å². The van der Waals surface area contributed by atoms with Gasteiger partial charge in [0.2, 0.25) is 5.91 Å². The lowest BCUT2D eigenvalue weighted by Crippen LogP contribution is -2.36. The molecule has 1 heterocycles. The fraction of sp³-hybridized carbons (Fsp3) is 0.929. The molecule has 0 aliphatic carbocycles. The molecule has 0 aromatic rings. The van der Waals surface area contributed by atoms with Crippen LogP contribution in [0, 0.1) is 11.3 Å². The van der Waals surface area contributed by atoms with Gasteiger partial charge in [0.05, 0.1) is 0 Å². The van der Waals surface area contributed by atoms with E-state index in [-0.39, 0.29) is 17.4 Å². The molecule has 1 amide bonds. The molecular weight excluding hydrogens is 212 g/mol. The molecule has 0 aromatic carbocycles. The van der Waals surface area contributed by atoms with Crippen molar-refractivity contribution in [3.05, 3.63) is 0 Å². The van der Waals surface area contributed by atoms with Gasteiger partial charge in [-0.2, -0.15) is 0 Å². The van der Waals surface area contributed by atoms with Crippen LogP contribution in [0.3, 0.4) is 0 Å². The summed E-state index contributed by atoms with van der Waals surface area (Å²) >= 11 is 0. The van der Waals surface area contributed by atoms with Gasteiger partial charge in [0.25, 0.3) is 0 Å². The Morgan fingerprint density at radius 1 is 1.47 bits per heavy atom. The Morgan fingerprint density at radius 2 is 2.12 bits per heavy atom. The predicted octanol–water partition coefficient (Wildman–Crippen LogP) is 2.40. The molecule has 1 aliphatic heterocycles. The van der Waals surface area contributed by atoms with Crippen LogP contribution in [0.5, 0.6) is 0 Å². The summed E-state index contributed by atoms with van der Waals surface area (Å²) in [6.45, 7) is 10.6. The minimum absolute atomic E-state index is 0.00294. The van der Waals surface area contributed by atoms with Gasteiger partial charge in [0.15, 0.2) is 0 Å². The van der Waals surface area contributed by atoms with Crippen molar-refractivity contribution in [1.29, 1.82) is 0 Å². The van der Waals surface area contributed by atoms with Crippen LogP contribution >= 0.6 is 0 Å². The topological polar surface area (TPSA) is 46.3 Å². The molecule has 2 unspecified atom stereocenters. The average Bonchev–Trinajstić information content (AvgIpc) is 2.62. The Bertz CT molecular complexity index is 257. The summed E-state index contributed by atoms with van der Waals surface area (Å²) in [5.74, 6) is 0.954. The highest BCUT2D eigenvalue weighted by Crippen LogP contribution is 2.23. The standard InChI is InChI=1S/C14H28N2O/c1-5-11-6-7-16(10-11)13(17)8-12(15)9-14(2,3)4/h11-12H,5-10,15H2,1-4H3. The Labute approximate surface area is 106 Å². The molecule has 0 aromatic heterocycles. The van der Waals surface area contributed by atoms with Crippen molar-refractivity contribution >= 4 is 5.91 Å². The molecule has 1 rings (SSSR count). The molecule has 1 saturated heterocycles. The number of rotatable bonds is 4. The van der Waals surface area contributed by atoms with Crippen molar-refractivity contribution in [1.82, 2.24) is 4.90 Å². The van der Waals surface area contributed by atoms with E-state index in [0.29, 0.717) is 12.3 Å². The molecule has 3 heteroatoms. The van der Waals surface area contributed by atoms with Gasteiger partial charge >= 0.3 is 0 Å². The molecule has 0 spiro atoms. The molecule has 0 radical (unpaired) electrons. The second-order valence-electron chi connectivity index (χ2n) is 6.63. The summed E-state index contributed by atoms with van der Waals surface area (Å²) in [5, 5.41) is 0. The Balaban J connectivity index is 2.34. The number of carbonyl (C=O) groups is 1. The minimum atomic E-state index is 0.00294. The van der Waals surface area contributed by atoms with Gasteiger partial charge in [-0.15, -0.1) is 0 Å². The molecule has 17 heavy (non-hydrogen) atoms. The van der Waals surface area contributed by atoms with Gasteiger partial charge in [0, 0.05) is 25.6 Å². The molecule has 0 saturated carbocycles. The number of carbonyl (C=O) groups excluding carboxylic acids is 1. The summed E-state index contributed by atoms with van der Waals surface area (Å²) in [6.07, 6.45) is 3.76. The second kappa shape index (κ2) is 5.85. The van der Waals surface area contributed by atoms with Crippen molar-refractivity contribution in [2.75, 3.05) is 13.1 Å². The van der Waals surface area contributed by atoms with Gasteiger partial charge in [-0.1, -0.05) is 34.1 Å². The Kier molecular flexibility index (Phi) is 4.99. The largest absolute Gasteiger partial charge is 0.342 e. The molecule has 100 valence electrons. The third-order valence-corrected chi connectivity index (χ3v) is 3.53. The number of nitrogens with two attached hydrogens (primary N) is 1. The zero-order valence-corrected chi connectivity index (χ0v) is 11.8. The SMILES string of the molecule is CCC1CCN(C(=O)CC(N)CC(C)(C)C)C1. The van der Waals surface area contributed by atoms with Gasteiger partial charge in [-0.3, -0.25) is 4.79 Å². The van der Waals surface area contributed by atoms with E-state index >= 15 is 0 Å². The summed E-state index contributed by atoms with van der Waals surface area (Å²) in [7, 11) is 0. The quantitative estimate of drug-likeness (QED) is 0.820. The lowest BCUT2D eigenvalue weighted by molar-refractivity contribution is -0.130. The number of hydrogen-bond donors (Lipinski definition) is 1. The number of nitrogens with zero attached hydrogens (tertiary/aromatic N) is 1. The second-order valence-corrected chi connectivity index (χ2v) is 6.63. The molecule has 1 aliphatic rings. The predicted molar refractivity (Wildman–Crippen MR) is 71.6 cm³/mol.